The summed E-state index contributed by atoms with van der Waals surface area (Å²) >= 11 is 5.00. The lowest BCUT2D eigenvalue weighted by Gasteiger charge is -2.39. The van der Waals surface area contributed by atoms with E-state index in [1.807, 2.05) is 0 Å². The largest absolute Gasteiger partial charge is 0.392 e. The molecular weight excluding hydrogens is 248 g/mol. The summed E-state index contributed by atoms with van der Waals surface area (Å²) in [7, 11) is 0. The van der Waals surface area contributed by atoms with Crippen LogP contribution in [0.5, 0.6) is 0 Å². The molecule has 5 heteroatoms. The van der Waals surface area contributed by atoms with Crippen LogP contribution in [0.4, 0.5) is 5.69 Å². The monoisotopic (exact) mass is 264 g/mol. The van der Waals surface area contributed by atoms with Crippen LogP contribution in [0, 0.1) is 5.41 Å². The highest BCUT2D eigenvalue weighted by molar-refractivity contribution is 7.80. The third-order valence-electron chi connectivity index (χ3n) is 3.51. The molecular formula is C13H16N2O2S. The number of aliphatic hydroxyl groups is 1. The number of aliphatic hydroxyl groups excluding tert-OH is 1. The number of hydrogen-bond acceptors (Lipinski definition) is 3. The molecule has 2 rings (SSSR count). The zero-order chi connectivity index (χ0) is 13.2. The molecule has 1 aliphatic rings. The number of anilines is 1. The number of nitrogens with two attached hydrogens (primary N) is 1. The lowest BCUT2D eigenvalue weighted by atomic mass is 9.68. The van der Waals surface area contributed by atoms with Crippen molar-refractivity contribution in [1.82, 2.24) is 0 Å². The summed E-state index contributed by atoms with van der Waals surface area (Å²) in [5.41, 5.74) is 6.51. The van der Waals surface area contributed by atoms with Gasteiger partial charge < -0.3 is 16.2 Å². The molecule has 1 fully saturated rings. The normalized spacial score (nSPS) is 16.7. The Kier molecular flexibility index (Phi) is 3.63. The van der Waals surface area contributed by atoms with Crippen LogP contribution in [0.25, 0.3) is 0 Å². The Bertz CT molecular complexity index is 466. The van der Waals surface area contributed by atoms with Gasteiger partial charge in [0.15, 0.2) is 0 Å². The second kappa shape index (κ2) is 5.04. The zero-order valence-corrected chi connectivity index (χ0v) is 10.8. The van der Waals surface area contributed by atoms with Crippen molar-refractivity contribution in [3.05, 3.63) is 29.8 Å². The lowest BCUT2D eigenvalue weighted by molar-refractivity contribution is -0.125. The van der Waals surface area contributed by atoms with Crippen molar-refractivity contribution in [2.24, 2.45) is 11.1 Å². The average Bonchev–Trinajstić information content (AvgIpc) is 2.28. The van der Waals surface area contributed by atoms with Crippen LogP contribution in [-0.4, -0.2) is 16.0 Å². The first-order valence-corrected chi connectivity index (χ1v) is 6.30. The van der Waals surface area contributed by atoms with Crippen LogP contribution < -0.4 is 11.1 Å². The molecule has 0 aliphatic heterocycles. The van der Waals surface area contributed by atoms with E-state index in [-0.39, 0.29) is 17.5 Å². The molecule has 1 amide bonds. The van der Waals surface area contributed by atoms with Gasteiger partial charge in [-0.25, -0.2) is 0 Å². The Morgan fingerprint density at radius 3 is 2.39 bits per heavy atom. The van der Waals surface area contributed by atoms with Gasteiger partial charge in [-0.15, -0.1) is 0 Å². The van der Waals surface area contributed by atoms with Crippen molar-refractivity contribution < 1.29 is 9.90 Å². The highest BCUT2D eigenvalue weighted by Gasteiger charge is 2.46. The topological polar surface area (TPSA) is 75.4 Å². The number of hydrogen-bond donors (Lipinski definition) is 3. The Morgan fingerprint density at radius 2 is 2.00 bits per heavy atom. The number of amides is 1. The van der Waals surface area contributed by atoms with Gasteiger partial charge in [0.05, 0.1) is 17.0 Å². The van der Waals surface area contributed by atoms with Gasteiger partial charge >= 0.3 is 0 Å². The molecule has 4 N–H and O–H groups in total. The fourth-order valence-corrected chi connectivity index (χ4v) is 2.36. The molecule has 1 saturated carbocycles. The minimum absolute atomic E-state index is 0.00888. The third-order valence-corrected chi connectivity index (χ3v) is 3.90. The van der Waals surface area contributed by atoms with Crippen molar-refractivity contribution in [1.29, 1.82) is 0 Å². The van der Waals surface area contributed by atoms with Crippen LogP contribution in [0.15, 0.2) is 24.3 Å². The quantitative estimate of drug-likeness (QED) is 0.722. The van der Waals surface area contributed by atoms with Crippen molar-refractivity contribution in [2.45, 2.75) is 25.9 Å². The maximum Gasteiger partial charge on any atom is 0.237 e. The minimum Gasteiger partial charge on any atom is -0.392 e. The molecule has 18 heavy (non-hydrogen) atoms. The summed E-state index contributed by atoms with van der Waals surface area (Å²) in [4.78, 5) is 12.5. The van der Waals surface area contributed by atoms with Gasteiger partial charge in [0.1, 0.15) is 0 Å². The number of benzene rings is 1. The molecule has 0 spiro atoms. The number of rotatable bonds is 4. The molecule has 0 aromatic heterocycles. The summed E-state index contributed by atoms with van der Waals surface area (Å²) < 4.78 is 0. The molecule has 0 atom stereocenters. The number of thiocarbonyl (C=S) groups is 1. The Morgan fingerprint density at radius 1 is 1.39 bits per heavy atom. The van der Waals surface area contributed by atoms with E-state index in [9.17, 15) is 4.79 Å². The fraction of sp³-hybridized carbons (Fsp3) is 0.385. The van der Waals surface area contributed by atoms with Gasteiger partial charge in [0.25, 0.3) is 0 Å². The zero-order valence-electron chi connectivity index (χ0n) is 9.98. The van der Waals surface area contributed by atoms with E-state index >= 15 is 0 Å². The highest BCUT2D eigenvalue weighted by Crippen LogP contribution is 2.42. The average molecular weight is 264 g/mol. The summed E-state index contributed by atoms with van der Waals surface area (Å²) in [5.74, 6) is -0.127. The van der Waals surface area contributed by atoms with Crippen LogP contribution in [0.2, 0.25) is 0 Å². The van der Waals surface area contributed by atoms with Gasteiger partial charge in [-0.3, -0.25) is 4.79 Å². The first-order chi connectivity index (χ1) is 8.58. The van der Waals surface area contributed by atoms with E-state index < -0.39 is 5.41 Å². The van der Waals surface area contributed by atoms with E-state index in [4.69, 9.17) is 23.1 Å². The Hall–Kier alpha value is -1.46. The molecule has 1 aliphatic carbocycles. The molecule has 4 nitrogen and oxygen atoms in total. The standard InChI is InChI=1S/C13H16N2O2S/c14-11(18)13(6-1-7-13)12(17)15-10-4-2-9(8-16)3-5-10/h2-5,16H,1,6-8H2,(H2,14,18)(H,15,17). The smallest absolute Gasteiger partial charge is 0.237 e. The van der Waals surface area contributed by atoms with Crippen molar-refractivity contribution >= 4 is 28.8 Å². The molecule has 0 heterocycles. The fourth-order valence-electron chi connectivity index (χ4n) is 2.06. The first-order valence-electron chi connectivity index (χ1n) is 5.90. The predicted octanol–water partition coefficient (Wildman–Crippen LogP) is 1.57. The minimum atomic E-state index is -0.662. The molecule has 0 bridgehead atoms. The van der Waals surface area contributed by atoms with E-state index in [0.29, 0.717) is 5.69 Å². The maximum atomic E-state index is 12.2. The van der Waals surface area contributed by atoms with E-state index in [0.717, 1.165) is 24.8 Å². The van der Waals surface area contributed by atoms with Crippen LogP contribution in [0.1, 0.15) is 24.8 Å². The van der Waals surface area contributed by atoms with Crippen LogP contribution in [-0.2, 0) is 11.4 Å². The number of nitrogens with one attached hydrogen (secondary N) is 1. The van der Waals surface area contributed by atoms with Crippen molar-refractivity contribution in [3.63, 3.8) is 0 Å². The molecule has 0 radical (unpaired) electrons. The second-order valence-corrected chi connectivity index (χ2v) is 5.05. The predicted molar refractivity (Wildman–Crippen MR) is 74.1 cm³/mol. The van der Waals surface area contributed by atoms with Gasteiger partial charge in [0, 0.05) is 5.69 Å². The lowest BCUT2D eigenvalue weighted by Crippen LogP contribution is -2.50. The Labute approximate surface area is 111 Å². The highest BCUT2D eigenvalue weighted by atomic mass is 32.1. The first kappa shape index (κ1) is 13.0. The maximum absolute atomic E-state index is 12.2. The van der Waals surface area contributed by atoms with Gasteiger partial charge in [-0.1, -0.05) is 30.8 Å². The van der Waals surface area contributed by atoms with Crippen molar-refractivity contribution in [3.8, 4) is 0 Å². The summed E-state index contributed by atoms with van der Waals surface area (Å²) in [6.45, 7) is -0.00888. The molecule has 1 aromatic rings. The van der Waals surface area contributed by atoms with E-state index in [2.05, 4.69) is 5.32 Å². The summed E-state index contributed by atoms with van der Waals surface area (Å²) in [6, 6.07) is 7.05. The number of carbonyl (C=O) groups is 1. The molecule has 0 unspecified atom stereocenters. The van der Waals surface area contributed by atoms with Gasteiger partial charge in [-0.05, 0) is 30.5 Å². The van der Waals surface area contributed by atoms with Crippen molar-refractivity contribution in [2.75, 3.05) is 5.32 Å². The van der Waals surface area contributed by atoms with Crippen LogP contribution in [0.3, 0.4) is 0 Å². The van der Waals surface area contributed by atoms with Gasteiger partial charge in [-0.2, -0.15) is 0 Å². The van der Waals surface area contributed by atoms with E-state index in [1.165, 1.54) is 0 Å². The molecule has 96 valence electrons. The van der Waals surface area contributed by atoms with Crippen LogP contribution >= 0.6 is 12.2 Å². The molecule has 1 aromatic carbocycles. The molecule has 0 saturated heterocycles. The summed E-state index contributed by atoms with van der Waals surface area (Å²) in [5, 5.41) is 11.8. The second-order valence-electron chi connectivity index (χ2n) is 4.61. The van der Waals surface area contributed by atoms with E-state index in [1.54, 1.807) is 24.3 Å². The SMILES string of the molecule is NC(=S)C1(C(=O)Nc2ccc(CO)cc2)CCC1. The third kappa shape index (κ3) is 2.23. The number of carbonyl (C=O) groups excluding carboxylic acids is 1. The Balaban J connectivity index is 2.08. The summed E-state index contributed by atoms with van der Waals surface area (Å²) in [6.07, 6.45) is 2.43. The van der Waals surface area contributed by atoms with Gasteiger partial charge in [0.2, 0.25) is 5.91 Å².